The monoisotopic (exact) mass is 725 g/mol. The number of likely N-dealkylation sites (tertiary alicyclic amines) is 1. The molecule has 0 aliphatic carbocycles. The maximum atomic E-state index is 13.3. The molecule has 1 aromatic heterocycles. The Bertz CT molecular complexity index is 1730. The summed E-state index contributed by atoms with van der Waals surface area (Å²) in [7, 11) is 2.28. The summed E-state index contributed by atoms with van der Waals surface area (Å²) in [6.07, 6.45) is 1.05. The van der Waals surface area contributed by atoms with Crippen molar-refractivity contribution in [3.05, 3.63) is 119 Å². The fourth-order valence-corrected chi connectivity index (χ4v) is 6.32. The van der Waals surface area contributed by atoms with Crippen molar-refractivity contribution >= 4 is 58.1 Å². The van der Waals surface area contributed by atoms with Gasteiger partial charge in [0.1, 0.15) is 25.2 Å². The van der Waals surface area contributed by atoms with Gasteiger partial charge in [-0.1, -0.05) is 43.0 Å². The molecule has 51 heavy (non-hydrogen) atoms. The smallest absolute Gasteiger partial charge is 0.362 e. The molecular weight excluding hydrogens is 683 g/mol. The van der Waals surface area contributed by atoms with Crippen molar-refractivity contribution in [1.82, 2.24) is 9.80 Å². The molecular formula is C38H43F4N5O3S. The number of amidine groups is 1. The molecule has 0 atom stereocenters. The number of nitrogens with zero attached hydrogens (tertiary/aromatic N) is 3. The summed E-state index contributed by atoms with van der Waals surface area (Å²) >= 11 is 1.85. The first-order chi connectivity index (χ1) is 24.4. The van der Waals surface area contributed by atoms with Gasteiger partial charge < -0.3 is 20.6 Å². The largest absolute Gasteiger partial charge is 0.470 e. The van der Waals surface area contributed by atoms with Crippen molar-refractivity contribution in [3.8, 4) is 0 Å². The number of rotatable bonds is 9. The van der Waals surface area contributed by atoms with Gasteiger partial charge >= 0.3 is 12.1 Å². The zero-order valence-electron chi connectivity index (χ0n) is 28.7. The highest BCUT2D eigenvalue weighted by molar-refractivity contribution is 7.17. The number of anilines is 1. The van der Waals surface area contributed by atoms with Gasteiger partial charge in [-0.15, -0.1) is 11.3 Å². The molecule has 3 aromatic carbocycles. The van der Waals surface area contributed by atoms with Crippen LogP contribution < -0.4 is 11.1 Å². The summed E-state index contributed by atoms with van der Waals surface area (Å²) in [5.74, 6) is -1.76. The molecule has 0 bridgehead atoms. The van der Waals surface area contributed by atoms with Gasteiger partial charge in [-0.3, -0.25) is 14.6 Å². The summed E-state index contributed by atoms with van der Waals surface area (Å²) < 4.78 is 46.8. The summed E-state index contributed by atoms with van der Waals surface area (Å²) in [4.78, 5) is 34.9. The van der Waals surface area contributed by atoms with Crippen molar-refractivity contribution in [2.75, 3.05) is 25.5 Å². The molecule has 0 radical (unpaired) electrons. The lowest BCUT2D eigenvalue weighted by atomic mass is 10.0. The number of thiophene rings is 1. The van der Waals surface area contributed by atoms with Crippen LogP contribution in [0.4, 0.5) is 23.2 Å². The topological polar surface area (TPSA) is 108 Å². The molecule has 0 unspecified atom stereocenters. The molecule has 0 saturated carbocycles. The number of aliphatic imine (C=N–C) groups is 1. The van der Waals surface area contributed by atoms with Crippen molar-refractivity contribution < 1.29 is 31.9 Å². The minimum Gasteiger partial charge on any atom is -0.362 e. The van der Waals surface area contributed by atoms with E-state index in [1.807, 2.05) is 37.9 Å². The molecule has 5 rings (SSSR count). The first kappa shape index (κ1) is 42.2. The number of fused-ring (bicyclic) bond motifs is 1. The van der Waals surface area contributed by atoms with Gasteiger partial charge in [-0.25, -0.2) is 9.38 Å². The Balaban J connectivity index is 0.000000724. The molecule has 13 heteroatoms. The molecule has 1 fully saturated rings. The average molecular weight is 726 g/mol. The minimum absolute atomic E-state index is 0.264. The van der Waals surface area contributed by atoms with Gasteiger partial charge in [0.15, 0.2) is 0 Å². The van der Waals surface area contributed by atoms with E-state index < -0.39 is 12.1 Å². The lowest BCUT2D eigenvalue weighted by Crippen LogP contribution is -2.42. The number of nitrogens with two attached hydrogens (primary N) is 1. The van der Waals surface area contributed by atoms with Crippen LogP contribution in [0.5, 0.6) is 0 Å². The van der Waals surface area contributed by atoms with Crippen molar-refractivity contribution in [1.29, 1.82) is 0 Å². The van der Waals surface area contributed by atoms with Crippen LogP contribution in [0.15, 0.2) is 102 Å². The lowest BCUT2D eigenvalue weighted by molar-refractivity contribution is -0.169. The van der Waals surface area contributed by atoms with Crippen LogP contribution in [-0.4, -0.2) is 67.5 Å². The fraction of sp³-hybridized carbons (Fsp3) is 0.263. The Morgan fingerprint density at radius 1 is 1.02 bits per heavy atom. The lowest BCUT2D eigenvalue weighted by Gasteiger charge is -2.36. The quantitative estimate of drug-likeness (QED) is 0.0788. The van der Waals surface area contributed by atoms with E-state index in [1.165, 1.54) is 46.2 Å². The van der Waals surface area contributed by atoms with Crippen LogP contribution in [0.25, 0.3) is 15.8 Å². The highest BCUT2D eigenvalue weighted by atomic mass is 32.1. The van der Waals surface area contributed by atoms with Crippen molar-refractivity contribution in [2.45, 2.75) is 45.1 Å². The predicted octanol–water partition coefficient (Wildman–Crippen LogP) is 7.86. The van der Waals surface area contributed by atoms with E-state index in [9.17, 15) is 17.6 Å². The second-order valence-electron chi connectivity index (χ2n) is 11.4. The first-order valence-electron chi connectivity index (χ1n) is 15.7. The molecule has 8 nitrogen and oxygen atoms in total. The zero-order valence-corrected chi connectivity index (χ0v) is 29.5. The molecule has 2 heterocycles. The van der Waals surface area contributed by atoms with Gasteiger partial charge in [-0.2, -0.15) is 13.2 Å². The molecule has 0 spiro atoms. The van der Waals surface area contributed by atoms with E-state index >= 15 is 0 Å². The van der Waals surface area contributed by atoms with E-state index in [-0.39, 0.29) is 5.82 Å². The van der Waals surface area contributed by atoms with Crippen LogP contribution >= 0.6 is 11.3 Å². The first-order valence-corrected chi connectivity index (χ1v) is 16.6. The SMILES string of the molecule is C=C/C=C(\N=C(C)Nc1ccc(CN2CCC(N(C)Cc3csc4ccccc34)CC2)cc1)c1ccc(F)cc1.C=O.C=O.NC(=O)C(F)(F)F. The number of hydrogen-bond acceptors (Lipinski definition) is 7. The summed E-state index contributed by atoms with van der Waals surface area (Å²) in [6, 6.07) is 24.3. The third-order valence-corrected chi connectivity index (χ3v) is 8.84. The van der Waals surface area contributed by atoms with Crippen LogP contribution in [0.2, 0.25) is 0 Å². The van der Waals surface area contributed by atoms with Gasteiger partial charge in [-0.05, 0) is 110 Å². The van der Waals surface area contributed by atoms with E-state index in [0.717, 1.165) is 49.0 Å². The molecule has 1 aliphatic heterocycles. The average Bonchev–Trinajstić information content (AvgIpc) is 3.53. The number of carbonyl (C=O) groups excluding carboxylic acids is 3. The van der Waals surface area contributed by atoms with E-state index in [0.29, 0.717) is 6.04 Å². The molecule has 3 N–H and O–H groups in total. The number of halogens is 4. The Kier molecular flexibility index (Phi) is 17.6. The Hall–Kier alpha value is -4.98. The number of hydrogen-bond donors (Lipinski definition) is 2. The Morgan fingerprint density at radius 3 is 2.18 bits per heavy atom. The van der Waals surface area contributed by atoms with Gasteiger partial charge in [0.05, 0.1) is 5.70 Å². The Morgan fingerprint density at radius 2 is 1.61 bits per heavy atom. The normalized spacial score (nSPS) is 13.9. The number of alkyl halides is 3. The minimum atomic E-state index is -4.86. The second kappa shape index (κ2) is 21.3. The third-order valence-electron chi connectivity index (χ3n) is 7.83. The molecule has 1 aliphatic rings. The highest BCUT2D eigenvalue weighted by Gasteiger charge is 2.35. The molecule has 4 aromatic rings. The molecule has 1 saturated heterocycles. The van der Waals surface area contributed by atoms with Crippen LogP contribution in [-0.2, 0) is 27.5 Å². The second-order valence-corrected chi connectivity index (χ2v) is 12.3. The number of piperidine rings is 1. The van der Waals surface area contributed by atoms with Gasteiger partial charge in [0.25, 0.3) is 0 Å². The summed E-state index contributed by atoms with van der Waals surface area (Å²) in [5, 5.41) is 7.10. The van der Waals surface area contributed by atoms with E-state index in [1.54, 1.807) is 18.2 Å². The number of nitrogens with one attached hydrogen (secondary N) is 1. The third kappa shape index (κ3) is 13.7. The van der Waals surface area contributed by atoms with E-state index in [2.05, 4.69) is 88.4 Å². The maximum Gasteiger partial charge on any atom is 0.470 e. The van der Waals surface area contributed by atoms with Crippen molar-refractivity contribution in [3.63, 3.8) is 0 Å². The number of amides is 1. The highest BCUT2D eigenvalue weighted by Crippen LogP contribution is 2.28. The van der Waals surface area contributed by atoms with Gasteiger partial charge in [0.2, 0.25) is 0 Å². The standard InChI is InChI=1S/C34H37FN4S.C2H2F3NO.2CH2O/c1-4-7-33(27-12-14-29(35)15-13-27)37-25(2)36-30-16-10-26(11-17-30)22-39-20-18-31(19-21-39)38(3)23-28-24-40-34-9-6-5-8-32(28)34;3-2(4,5)1(6)7;2*1-2/h4-17,24,31H,1,18-23H2,2-3H3,(H,36,37);(H2,6,7);2*1H2/b33-7-;;;. The van der Waals surface area contributed by atoms with Gasteiger partial charge in [0, 0.05) is 35.1 Å². The molecule has 272 valence electrons. The van der Waals surface area contributed by atoms with E-state index in [4.69, 9.17) is 19.4 Å². The number of carbonyl (C=O) groups is 3. The maximum absolute atomic E-state index is 13.3. The number of benzene rings is 3. The predicted molar refractivity (Wildman–Crippen MR) is 199 cm³/mol. The van der Waals surface area contributed by atoms with Crippen LogP contribution in [0, 0.1) is 5.82 Å². The summed E-state index contributed by atoms with van der Waals surface area (Å²) in [5.41, 5.74) is 9.13. The molecule has 1 amide bonds. The zero-order chi connectivity index (χ0) is 38.0. The Labute approximate surface area is 300 Å². The number of primary amides is 1. The fourth-order valence-electron chi connectivity index (χ4n) is 5.37. The van der Waals surface area contributed by atoms with Crippen LogP contribution in [0.1, 0.15) is 36.5 Å². The van der Waals surface area contributed by atoms with Crippen molar-refractivity contribution in [2.24, 2.45) is 10.7 Å². The van der Waals surface area contributed by atoms with Crippen LogP contribution in [0.3, 0.4) is 0 Å². The number of allylic oxidation sites excluding steroid dienone is 2. The summed E-state index contributed by atoms with van der Waals surface area (Å²) in [6.45, 7) is 13.9.